The summed E-state index contributed by atoms with van der Waals surface area (Å²) in [5, 5.41) is 18.8. The van der Waals surface area contributed by atoms with E-state index in [9.17, 15) is 14.3 Å². The molecule has 152 valence electrons. The maximum absolute atomic E-state index is 15.0. The molecule has 1 aliphatic heterocycles. The van der Waals surface area contributed by atoms with Crippen molar-refractivity contribution in [3.8, 4) is 0 Å². The number of carboxylic acids is 1. The summed E-state index contributed by atoms with van der Waals surface area (Å²) in [7, 11) is 0. The first-order chi connectivity index (χ1) is 12.4. The van der Waals surface area contributed by atoms with Gasteiger partial charge in [0.1, 0.15) is 6.17 Å². The summed E-state index contributed by atoms with van der Waals surface area (Å²) in [6, 6.07) is 0. The quantitative estimate of drug-likeness (QED) is 0.317. The van der Waals surface area contributed by atoms with E-state index in [1.807, 2.05) is 12.2 Å². The van der Waals surface area contributed by atoms with Crippen LogP contribution >= 0.6 is 0 Å². The molecule has 2 rings (SSSR count). The third-order valence-corrected chi connectivity index (χ3v) is 6.00. The number of aliphatic hydroxyl groups is 1. The Hall–Kier alpha value is 0.0600. The van der Waals surface area contributed by atoms with Gasteiger partial charge < -0.3 is 14.9 Å². The second-order valence-electron chi connectivity index (χ2n) is 8.11. The van der Waals surface area contributed by atoms with Crippen LogP contribution in [0.15, 0.2) is 12.2 Å². The van der Waals surface area contributed by atoms with E-state index in [0.29, 0.717) is 25.2 Å². The van der Waals surface area contributed by atoms with Gasteiger partial charge in [-0.1, -0.05) is 51.7 Å². The Morgan fingerprint density at radius 1 is 1.30 bits per heavy atom. The number of alkyl halides is 1. The first-order valence-electron chi connectivity index (χ1n) is 10.3. The third kappa shape index (κ3) is 7.43. The van der Waals surface area contributed by atoms with E-state index in [0.717, 1.165) is 32.1 Å². The predicted octanol–water partition coefficient (Wildman–Crippen LogP) is 3.86. The second-order valence-corrected chi connectivity index (χ2v) is 8.11. The third-order valence-electron chi connectivity index (χ3n) is 6.00. The molecule has 1 saturated heterocycles. The minimum absolute atomic E-state index is 0. The first-order valence-corrected chi connectivity index (χ1v) is 10.3. The predicted molar refractivity (Wildman–Crippen MR) is 107 cm³/mol. The molecule has 0 aromatic carbocycles. The molecule has 0 spiro atoms. The number of fused-ring (bicyclic) bond motifs is 1. The first kappa shape index (κ1) is 25.1. The van der Waals surface area contributed by atoms with Crippen molar-refractivity contribution in [1.29, 1.82) is 0 Å². The molecule has 0 aromatic rings. The molecule has 0 radical (unpaired) electrons. The van der Waals surface area contributed by atoms with Crippen LogP contribution in [0.4, 0.5) is 4.39 Å². The van der Waals surface area contributed by atoms with Gasteiger partial charge in [-0.2, -0.15) is 0 Å². The molecule has 1 aliphatic carbocycles. The molecule has 0 bridgehead atoms. The van der Waals surface area contributed by atoms with Gasteiger partial charge in [0, 0.05) is 12.3 Å². The van der Waals surface area contributed by atoms with Crippen molar-refractivity contribution < 1.29 is 24.1 Å². The number of rotatable bonds is 11. The van der Waals surface area contributed by atoms with Gasteiger partial charge in [-0.3, -0.25) is 4.79 Å². The maximum atomic E-state index is 15.0. The number of allylic oxidation sites excluding steroid dienone is 1. The van der Waals surface area contributed by atoms with E-state index in [2.05, 4.69) is 13.8 Å². The van der Waals surface area contributed by atoms with Crippen LogP contribution in [0.1, 0.15) is 71.6 Å². The van der Waals surface area contributed by atoms with Crippen LogP contribution in [0.2, 0.25) is 0 Å². The fourth-order valence-electron chi connectivity index (χ4n) is 4.54. The van der Waals surface area contributed by atoms with Crippen LogP contribution in [-0.4, -0.2) is 70.2 Å². The standard InChI is InChI=1S/C21H35FO4.Na.H/c1-3-4-5-8-15(23)11-12-16-14(2)13-18-20(16)21(22)17(26-18)9-6-7-10-19(24)25;;/h11-12,14-18,20-21,23H,3-10,13H2,1-2H3,(H,24,25);;/b12-11+;;/t14-,15+,16+,17?,18+,20-,21?;;/m1../s1. The summed E-state index contributed by atoms with van der Waals surface area (Å²) in [5.74, 6) is -0.466. The topological polar surface area (TPSA) is 66.8 Å². The Balaban J connectivity index is 0.00000364. The molecular formula is C21H36FNaO4. The second kappa shape index (κ2) is 12.6. The van der Waals surface area contributed by atoms with Crippen molar-refractivity contribution in [3.63, 3.8) is 0 Å². The van der Waals surface area contributed by atoms with Crippen molar-refractivity contribution in [2.24, 2.45) is 17.8 Å². The van der Waals surface area contributed by atoms with E-state index in [-0.39, 0.29) is 53.9 Å². The molecule has 2 unspecified atom stereocenters. The van der Waals surface area contributed by atoms with E-state index in [1.165, 1.54) is 0 Å². The van der Waals surface area contributed by atoms with E-state index >= 15 is 0 Å². The van der Waals surface area contributed by atoms with E-state index in [4.69, 9.17) is 9.84 Å². The molecule has 2 N–H and O–H groups in total. The summed E-state index contributed by atoms with van der Waals surface area (Å²) < 4.78 is 21.0. The molecule has 7 atom stereocenters. The zero-order chi connectivity index (χ0) is 19.1. The summed E-state index contributed by atoms with van der Waals surface area (Å²) >= 11 is 0. The zero-order valence-corrected chi connectivity index (χ0v) is 16.1. The fraction of sp³-hybridized carbons (Fsp3) is 0.857. The van der Waals surface area contributed by atoms with Crippen LogP contribution in [0.25, 0.3) is 0 Å². The SMILES string of the molecule is CCCCC[C@H](O)/C=C/[C@@H]1[C@H]2C(F)C(CCCCC(=O)O)O[C@H]2C[C@H]1C.[NaH]. The van der Waals surface area contributed by atoms with Crippen molar-refractivity contribution >= 4 is 35.5 Å². The number of unbranched alkanes of at least 4 members (excludes halogenated alkanes) is 3. The van der Waals surface area contributed by atoms with Crippen LogP contribution < -0.4 is 0 Å². The Morgan fingerprint density at radius 3 is 2.70 bits per heavy atom. The number of carbonyl (C=O) groups is 1. The molecule has 2 aliphatic rings. The number of hydrogen-bond acceptors (Lipinski definition) is 3. The van der Waals surface area contributed by atoms with Gasteiger partial charge in [0.05, 0.1) is 18.3 Å². The van der Waals surface area contributed by atoms with Crippen LogP contribution in [0.3, 0.4) is 0 Å². The molecule has 4 nitrogen and oxygen atoms in total. The van der Waals surface area contributed by atoms with Gasteiger partial charge >= 0.3 is 35.5 Å². The molecule has 0 amide bonds. The molecule has 6 heteroatoms. The van der Waals surface area contributed by atoms with Crippen molar-refractivity contribution in [2.45, 2.75) is 96.1 Å². The van der Waals surface area contributed by atoms with Crippen LogP contribution in [0, 0.1) is 17.8 Å². The van der Waals surface area contributed by atoms with Gasteiger partial charge in [0.2, 0.25) is 0 Å². The van der Waals surface area contributed by atoms with Gasteiger partial charge in [0.15, 0.2) is 0 Å². The molecular weight excluding hydrogens is 358 g/mol. The molecule has 1 heterocycles. The van der Waals surface area contributed by atoms with Gasteiger partial charge in [-0.15, -0.1) is 0 Å². The minimum atomic E-state index is -0.998. The zero-order valence-electron chi connectivity index (χ0n) is 16.1. The molecule has 27 heavy (non-hydrogen) atoms. The fourth-order valence-corrected chi connectivity index (χ4v) is 4.54. The summed E-state index contributed by atoms with van der Waals surface area (Å²) in [6.07, 6.45) is 8.86. The normalized spacial score (nSPS) is 33.8. The van der Waals surface area contributed by atoms with Crippen molar-refractivity contribution in [1.82, 2.24) is 0 Å². The van der Waals surface area contributed by atoms with Crippen molar-refractivity contribution in [2.75, 3.05) is 0 Å². The summed E-state index contributed by atoms with van der Waals surface area (Å²) in [4.78, 5) is 10.6. The average molecular weight is 395 g/mol. The van der Waals surface area contributed by atoms with Gasteiger partial charge in [-0.25, -0.2) is 4.39 Å². The molecule has 2 fully saturated rings. The number of ether oxygens (including phenoxy) is 1. The van der Waals surface area contributed by atoms with Crippen LogP contribution in [0.5, 0.6) is 0 Å². The number of aliphatic carboxylic acids is 1. The Morgan fingerprint density at radius 2 is 2.04 bits per heavy atom. The Kier molecular flexibility index (Phi) is 11.7. The monoisotopic (exact) mass is 394 g/mol. The summed E-state index contributed by atoms with van der Waals surface area (Å²) in [5.41, 5.74) is 0. The van der Waals surface area contributed by atoms with Gasteiger partial charge in [0.25, 0.3) is 0 Å². The summed E-state index contributed by atoms with van der Waals surface area (Å²) in [6.45, 7) is 4.27. The van der Waals surface area contributed by atoms with E-state index < -0.39 is 24.3 Å². The van der Waals surface area contributed by atoms with Crippen LogP contribution in [-0.2, 0) is 9.53 Å². The number of halogens is 1. The van der Waals surface area contributed by atoms with Crippen molar-refractivity contribution in [3.05, 3.63) is 12.2 Å². The number of carboxylic acid groups (broad SMARTS) is 1. The Bertz CT molecular complexity index is 473. The number of aliphatic hydroxyl groups excluding tert-OH is 1. The Labute approximate surface area is 185 Å². The average Bonchev–Trinajstić information content (AvgIpc) is 3.05. The number of hydrogen-bond donors (Lipinski definition) is 2. The molecule has 1 saturated carbocycles. The van der Waals surface area contributed by atoms with E-state index in [1.54, 1.807) is 0 Å². The molecule has 0 aromatic heterocycles. The van der Waals surface area contributed by atoms with Gasteiger partial charge in [-0.05, 0) is 37.5 Å².